The first-order valence-corrected chi connectivity index (χ1v) is 4.14. The Morgan fingerprint density at radius 3 is 2.62 bits per heavy atom. The normalized spacial score (nSPS) is 11.6. The van der Waals surface area contributed by atoms with Crippen LogP contribution in [0.3, 0.4) is 0 Å². The van der Waals surface area contributed by atoms with Crippen LogP contribution >= 0.6 is 0 Å². The van der Waals surface area contributed by atoms with Gasteiger partial charge in [-0.15, -0.1) is 0 Å². The molecular formula is C9H14N2O2. The van der Waals surface area contributed by atoms with Crippen LogP contribution in [0, 0.1) is 0 Å². The van der Waals surface area contributed by atoms with E-state index in [1.807, 2.05) is 20.8 Å². The summed E-state index contributed by atoms with van der Waals surface area (Å²) in [6.45, 7) is 6.08. The van der Waals surface area contributed by atoms with Crippen LogP contribution in [0.2, 0.25) is 0 Å². The van der Waals surface area contributed by atoms with Crippen molar-refractivity contribution < 1.29 is 9.32 Å². The van der Waals surface area contributed by atoms with Crippen LogP contribution in [-0.2, 0) is 16.6 Å². The number of carbonyl (C=O) groups excluding carboxylic acids is 1. The Hall–Kier alpha value is -1.32. The zero-order valence-electron chi connectivity index (χ0n) is 8.13. The van der Waals surface area contributed by atoms with Gasteiger partial charge >= 0.3 is 0 Å². The number of amides is 1. The SMILES string of the molecule is CC(C)(C)c1cc(CC(N)=O)on1. The number of nitrogens with two attached hydrogens (primary N) is 1. The summed E-state index contributed by atoms with van der Waals surface area (Å²) in [4.78, 5) is 10.6. The molecule has 0 saturated heterocycles. The molecule has 13 heavy (non-hydrogen) atoms. The molecule has 0 radical (unpaired) electrons. The van der Waals surface area contributed by atoms with Crippen LogP contribution in [0.5, 0.6) is 0 Å². The minimum atomic E-state index is -0.406. The van der Waals surface area contributed by atoms with Crippen LogP contribution in [0.15, 0.2) is 10.6 Å². The first-order valence-electron chi connectivity index (χ1n) is 4.14. The van der Waals surface area contributed by atoms with Gasteiger partial charge in [-0.1, -0.05) is 25.9 Å². The molecule has 0 spiro atoms. The minimum absolute atomic E-state index is 0.0562. The molecule has 0 atom stereocenters. The third-order valence-electron chi connectivity index (χ3n) is 1.68. The fraction of sp³-hybridized carbons (Fsp3) is 0.556. The molecule has 0 fully saturated rings. The number of primary amides is 1. The Bertz CT molecular complexity index is 310. The Balaban J connectivity index is 2.81. The van der Waals surface area contributed by atoms with Crippen molar-refractivity contribution in [3.63, 3.8) is 0 Å². The predicted octanol–water partition coefficient (Wildman–Crippen LogP) is 1.000. The van der Waals surface area contributed by atoms with Crippen LogP contribution in [0.4, 0.5) is 0 Å². The van der Waals surface area contributed by atoms with Crippen LogP contribution in [0.1, 0.15) is 32.2 Å². The van der Waals surface area contributed by atoms with Gasteiger partial charge in [0.15, 0.2) is 0 Å². The zero-order valence-corrected chi connectivity index (χ0v) is 8.13. The van der Waals surface area contributed by atoms with Crippen LogP contribution in [0.25, 0.3) is 0 Å². The van der Waals surface area contributed by atoms with E-state index >= 15 is 0 Å². The van der Waals surface area contributed by atoms with Gasteiger partial charge in [0.2, 0.25) is 5.91 Å². The highest BCUT2D eigenvalue weighted by molar-refractivity contribution is 5.75. The number of aromatic nitrogens is 1. The van der Waals surface area contributed by atoms with Gasteiger partial charge in [-0.3, -0.25) is 4.79 Å². The van der Waals surface area contributed by atoms with E-state index in [1.54, 1.807) is 6.07 Å². The number of carbonyl (C=O) groups is 1. The average Bonchev–Trinajstić information content (AvgIpc) is 2.32. The lowest BCUT2D eigenvalue weighted by atomic mass is 9.92. The average molecular weight is 182 g/mol. The van der Waals surface area contributed by atoms with Gasteiger partial charge in [0.05, 0.1) is 12.1 Å². The van der Waals surface area contributed by atoms with E-state index in [2.05, 4.69) is 5.16 Å². The molecule has 0 bridgehead atoms. The fourth-order valence-electron chi connectivity index (χ4n) is 0.921. The maximum atomic E-state index is 10.6. The Morgan fingerprint density at radius 1 is 1.62 bits per heavy atom. The zero-order chi connectivity index (χ0) is 10.1. The first-order chi connectivity index (χ1) is 5.89. The Labute approximate surface area is 77.1 Å². The summed E-state index contributed by atoms with van der Waals surface area (Å²) in [6.07, 6.45) is 0.114. The van der Waals surface area contributed by atoms with Crippen LogP contribution in [-0.4, -0.2) is 11.1 Å². The second-order valence-corrected chi connectivity index (χ2v) is 4.07. The van der Waals surface area contributed by atoms with E-state index < -0.39 is 5.91 Å². The second-order valence-electron chi connectivity index (χ2n) is 4.07. The van der Waals surface area contributed by atoms with Crippen molar-refractivity contribution in [2.45, 2.75) is 32.6 Å². The summed E-state index contributed by atoms with van der Waals surface area (Å²) in [5.74, 6) is 0.119. The lowest BCUT2D eigenvalue weighted by Gasteiger charge is -2.12. The van der Waals surface area contributed by atoms with Gasteiger partial charge in [0, 0.05) is 11.5 Å². The molecule has 0 aromatic carbocycles. The highest BCUT2D eigenvalue weighted by atomic mass is 16.5. The van der Waals surface area contributed by atoms with E-state index in [1.165, 1.54) is 0 Å². The molecule has 0 aliphatic carbocycles. The van der Waals surface area contributed by atoms with Crippen molar-refractivity contribution in [1.29, 1.82) is 0 Å². The highest BCUT2D eigenvalue weighted by Crippen LogP contribution is 2.21. The van der Waals surface area contributed by atoms with E-state index in [4.69, 9.17) is 10.3 Å². The van der Waals surface area contributed by atoms with E-state index in [0.29, 0.717) is 5.76 Å². The summed E-state index contributed by atoms with van der Waals surface area (Å²) in [7, 11) is 0. The molecule has 1 rings (SSSR count). The molecule has 0 unspecified atom stereocenters. The second kappa shape index (κ2) is 3.20. The van der Waals surface area contributed by atoms with Gasteiger partial charge < -0.3 is 10.3 Å². The Kier molecular flexibility index (Phi) is 2.40. The topological polar surface area (TPSA) is 69.1 Å². The lowest BCUT2D eigenvalue weighted by molar-refractivity contribution is -0.117. The van der Waals surface area contributed by atoms with Gasteiger partial charge in [-0.05, 0) is 0 Å². The number of nitrogens with zero attached hydrogens (tertiary/aromatic N) is 1. The van der Waals surface area contributed by atoms with E-state index in [-0.39, 0.29) is 11.8 Å². The lowest BCUT2D eigenvalue weighted by Crippen LogP contribution is -2.13. The van der Waals surface area contributed by atoms with Gasteiger partial charge in [-0.25, -0.2) is 0 Å². The molecule has 0 aliphatic rings. The van der Waals surface area contributed by atoms with Crippen LogP contribution < -0.4 is 5.73 Å². The molecule has 4 nitrogen and oxygen atoms in total. The van der Waals surface area contributed by atoms with Crippen molar-refractivity contribution in [3.8, 4) is 0 Å². The van der Waals surface area contributed by atoms with Crippen molar-refractivity contribution in [3.05, 3.63) is 17.5 Å². The number of hydrogen-bond acceptors (Lipinski definition) is 3. The molecule has 1 amide bonds. The first kappa shape index (κ1) is 9.77. The summed E-state index contributed by atoms with van der Waals surface area (Å²) in [5, 5.41) is 3.86. The molecule has 72 valence electrons. The molecule has 0 aliphatic heterocycles. The Morgan fingerprint density at radius 2 is 2.23 bits per heavy atom. The van der Waals surface area contributed by atoms with E-state index in [9.17, 15) is 4.79 Å². The smallest absolute Gasteiger partial charge is 0.225 e. The molecule has 1 heterocycles. The largest absolute Gasteiger partial charge is 0.369 e. The van der Waals surface area contributed by atoms with Gasteiger partial charge in [0.25, 0.3) is 0 Å². The number of rotatable bonds is 2. The summed E-state index contributed by atoms with van der Waals surface area (Å²) in [5.41, 5.74) is 5.80. The summed E-state index contributed by atoms with van der Waals surface area (Å²) < 4.78 is 4.95. The van der Waals surface area contributed by atoms with Crippen molar-refractivity contribution >= 4 is 5.91 Å². The summed E-state index contributed by atoms with van der Waals surface area (Å²) in [6, 6.07) is 1.77. The maximum Gasteiger partial charge on any atom is 0.225 e. The monoisotopic (exact) mass is 182 g/mol. The predicted molar refractivity (Wildman–Crippen MR) is 48.1 cm³/mol. The molecule has 0 saturated carbocycles. The van der Waals surface area contributed by atoms with Gasteiger partial charge in [0.1, 0.15) is 5.76 Å². The standard InChI is InChI=1S/C9H14N2O2/c1-9(2,3)7-4-6(13-11-7)5-8(10)12/h4H,5H2,1-3H3,(H2,10,12). The minimum Gasteiger partial charge on any atom is -0.369 e. The van der Waals surface area contributed by atoms with Crippen molar-refractivity contribution in [1.82, 2.24) is 5.16 Å². The highest BCUT2D eigenvalue weighted by Gasteiger charge is 2.19. The molecule has 1 aromatic heterocycles. The molecular weight excluding hydrogens is 168 g/mol. The molecule has 1 aromatic rings. The van der Waals surface area contributed by atoms with Crippen molar-refractivity contribution in [2.75, 3.05) is 0 Å². The maximum absolute atomic E-state index is 10.6. The van der Waals surface area contributed by atoms with Crippen molar-refractivity contribution in [2.24, 2.45) is 5.73 Å². The quantitative estimate of drug-likeness (QED) is 0.741. The third kappa shape index (κ3) is 2.57. The molecule has 4 heteroatoms. The van der Waals surface area contributed by atoms with Gasteiger partial charge in [-0.2, -0.15) is 0 Å². The fourth-order valence-corrected chi connectivity index (χ4v) is 0.921. The molecule has 2 N–H and O–H groups in total. The summed E-state index contributed by atoms with van der Waals surface area (Å²) >= 11 is 0. The number of hydrogen-bond donors (Lipinski definition) is 1. The third-order valence-corrected chi connectivity index (χ3v) is 1.68. The van der Waals surface area contributed by atoms with E-state index in [0.717, 1.165) is 5.69 Å².